The number of piperidine rings is 1. The average molecular weight is 468 g/mol. The Morgan fingerprint density at radius 2 is 1.94 bits per heavy atom. The molecule has 2 aliphatic heterocycles. The summed E-state index contributed by atoms with van der Waals surface area (Å²) in [6.45, 7) is 7.50. The van der Waals surface area contributed by atoms with Crippen molar-refractivity contribution in [3.05, 3.63) is 30.1 Å². The van der Waals surface area contributed by atoms with Gasteiger partial charge in [-0.3, -0.25) is 9.78 Å². The van der Waals surface area contributed by atoms with Crippen LogP contribution in [0.5, 0.6) is 0 Å². The van der Waals surface area contributed by atoms with E-state index in [0.29, 0.717) is 54.5 Å². The number of likely N-dealkylation sites (N-methyl/N-ethyl adjacent to an activating group) is 1. The fourth-order valence-corrected chi connectivity index (χ4v) is 4.05. The number of nitrogens with zero attached hydrogens (tertiary/aromatic N) is 7. The standard InChI is InChI=1S/C24H34N8O2/c1-3-4-9-25-24-27-17-20(22(28-24)29-32-10-7-19(33)8-11-32)21-6-5-18(16-26-21)23(34)31-14-12-30(2)13-15-31/h5-6,16-17,19,33H,3-4,7-15H2,1-2H3/p+1. The van der Waals surface area contributed by atoms with E-state index < -0.39 is 0 Å². The van der Waals surface area contributed by atoms with E-state index in [9.17, 15) is 9.90 Å². The van der Waals surface area contributed by atoms with Gasteiger partial charge < -0.3 is 20.2 Å². The topological polar surface area (TPSA) is 110 Å². The van der Waals surface area contributed by atoms with Crippen LogP contribution in [0.1, 0.15) is 43.0 Å². The molecule has 0 spiro atoms. The number of unbranched alkanes of at least 4 members (excludes halogenated alkanes) is 1. The number of hydrogen-bond acceptors (Lipinski definition) is 8. The van der Waals surface area contributed by atoms with Crippen LogP contribution < -0.4 is 5.32 Å². The SMILES string of the molecule is CCCCNc1ncc(-c2ccc(C(=O)N3CCN(C)CC3)cn2)c(N=[N+]2CCC(O)CC2)n1. The van der Waals surface area contributed by atoms with Gasteiger partial charge in [0.1, 0.15) is 0 Å². The van der Waals surface area contributed by atoms with Gasteiger partial charge >= 0.3 is 0 Å². The molecule has 10 heteroatoms. The molecule has 0 unspecified atom stereocenters. The Hall–Kier alpha value is -2.98. The van der Waals surface area contributed by atoms with Crippen LogP contribution in [0.4, 0.5) is 11.8 Å². The lowest BCUT2D eigenvalue weighted by Crippen LogP contribution is -2.47. The number of pyridine rings is 1. The molecule has 0 atom stereocenters. The quantitative estimate of drug-likeness (QED) is 0.475. The number of rotatable bonds is 7. The molecule has 34 heavy (non-hydrogen) atoms. The van der Waals surface area contributed by atoms with E-state index in [2.05, 4.69) is 39.1 Å². The van der Waals surface area contributed by atoms with Crippen molar-refractivity contribution in [2.24, 2.45) is 5.11 Å². The summed E-state index contributed by atoms with van der Waals surface area (Å²) in [6, 6.07) is 3.66. The number of nitrogens with one attached hydrogen (secondary N) is 1. The highest BCUT2D eigenvalue weighted by Gasteiger charge is 2.23. The fourth-order valence-electron chi connectivity index (χ4n) is 4.05. The Labute approximate surface area is 200 Å². The maximum Gasteiger partial charge on any atom is 0.255 e. The summed E-state index contributed by atoms with van der Waals surface area (Å²) in [7, 11) is 2.07. The van der Waals surface area contributed by atoms with Crippen LogP contribution in [0.15, 0.2) is 29.6 Å². The first-order valence-electron chi connectivity index (χ1n) is 12.2. The Kier molecular flexibility index (Phi) is 8.12. The molecule has 10 nitrogen and oxygen atoms in total. The first kappa shape index (κ1) is 24.2. The highest BCUT2D eigenvalue weighted by molar-refractivity contribution is 5.94. The number of hydrogen-bond donors (Lipinski definition) is 2. The number of piperazine rings is 1. The second-order valence-electron chi connectivity index (χ2n) is 9.02. The summed E-state index contributed by atoms with van der Waals surface area (Å²) in [4.78, 5) is 30.7. The minimum absolute atomic E-state index is 0.00987. The van der Waals surface area contributed by atoms with Crippen molar-refractivity contribution >= 4 is 17.7 Å². The van der Waals surface area contributed by atoms with Crippen LogP contribution in [-0.2, 0) is 0 Å². The molecule has 2 saturated heterocycles. The minimum atomic E-state index is -0.269. The Morgan fingerprint density at radius 1 is 1.18 bits per heavy atom. The highest BCUT2D eigenvalue weighted by Crippen LogP contribution is 2.28. The normalized spacial score (nSPS) is 19.2. The van der Waals surface area contributed by atoms with Crippen molar-refractivity contribution in [1.82, 2.24) is 24.8 Å². The van der Waals surface area contributed by atoms with Crippen LogP contribution in [-0.4, -0.2) is 99.4 Å². The number of azo groups is 2. The van der Waals surface area contributed by atoms with Crippen molar-refractivity contribution in [2.45, 2.75) is 38.7 Å². The van der Waals surface area contributed by atoms with E-state index in [0.717, 1.165) is 45.6 Å². The number of anilines is 1. The van der Waals surface area contributed by atoms with Crippen molar-refractivity contribution in [2.75, 3.05) is 58.2 Å². The highest BCUT2D eigenvalue weighted by atomic mass is 16.3. The molecule has 2 N–H and O–H groups in total. The lowest BCUT2D eigenvalue weighted by molar-refractivity contribution is -0.601. The van der Waals surface area contributed by atoms with E-state index in [-0.39, 0.29) is 12.0 Å². The first-order chi connectivity index (χ1) is 16.5. The summed E-state index contributed by atoms with van der Waals surface area (Å²) in [5.41, 5.74) is 1.96. The van der Waals surface area contributed by atoms with Gasteiger partial charge in [0.05, 0.1) is 22.9 Å². The Morgan fingerprint density at radius 3 is 2.62 bits per heavy atom. The molecule has 2 aromatic heterocycles. The molecule has 0 aromatic carbocycles. The van der Waals surface area contributed by atoms with E-state index in [4.69, 9.17) is 5.11 Å². The van der Waals surface area contributed by atoms with Gasteiger partial charge in [0.25, 0.3) is 5.91 Å². The number of amides is 1. The third-order valence-corrected chi connectivity index (χ3v) is 6.34. The van der Waals surface area contributed by atoms with Crippen LogP contribution in [0.2, 0.25) is 0 Å². The number of aromatic nitrogens is 3. The number of aliphatic hydroxyl groups excluding tert-OH is 1. The van der Waals surface area contributed by atoms with E-state index in [1.165, 1.54) is 0 Å². The zero-order valence-corrected chi connectivity index (χ0v) is 20.2. The van der Waals surface area contributed by atoms with Crippen molar-refractivity contribution in [3.8, 4) is 11.3 Å². The van der Waals surface area contributed by atoms with Crippen LogP contribution in [0.25, 0.3) is 11.3 Å². The van der Waals surface area contributed by atoms with Crippen molar-refractivity contribution in [1.29, 1.82) is 0 Å². The minimum Gasteiger partial charge on any atom is -0.393 e. The predicted octanol–water partition coefficient (Wildman–Crippen LogP) is 2.39. The second kappa shape index (κ2) is 11.4. The molecule has 2 aliphatic rings. The molecule has 1 amide bonds. The molecule has 0 saturated carbocycles. The maximum atomic E-state index is 12.9. The van der Waals surface area contributed by atoms with E-state index >= 15 is 0 Å². The van der Waals surface area contributed by atoms with Gasteiger partial charge in [-0.1, -0.05) is 13.3 Å². The predicted molar refractivity (Wildman–Crippen MR) is 129 cm³/mol. The largest absolute Gasteiger partial charge is 0.393 e. The van der Waals surface area contributed by atoms with Gasteiger partial charge in [0.15, 0.2) is 13.1 Å². The third kappa shape index (κ3) is 6.12. The molecule has 2 fully saturated rings. The molecule has 4 heterocycles. The number of aliphatic hydroxyl groups is 1. The van der Waals surface area contributed by atoms with E-state index in [1.807, 2.05) is 21.7 Å². The van der Waals surface area contributed by atoms with Gasteiger partial charge in [-0.05, 0) is 25.6 Å². The zero-order valence-electron chi connectivity index (χ0n) is 20.2. The van der Waals surface area contributed by atoms with Gasteiger partial charge in [-0.2, -0.15) is 4.98 Å². The third-order valence-electron chi connectivity index (χ3n) is 6.34. The van der Waals surface area contributed by atoms with Crippen LogP contribution in [0, 0.1) is 0 Å². The fraction of sp³-hybridized carbons (Fsp3) is 0.583. The van der Waals surface area contributed by atoms with Gasteiger partial charge in [0.2, 0.25) is 11.8 Å². The lowest BCUT2D eigenvalue weighted by atomic mass is 10.1. The molecule has 2 aromatic rings. The molecular formula is C24H35N8O2+. The summed E-state index contributed by atoms with van der Waals surface area (Å²) < 4.78 is 1.94. The molecular weight excluding hydrogens is 432 g/mol. The smallest absolute Gasteiger partial charge is 0.255 e. The van der Waals surface area contributed by atoms with Crippen LogP contribution in [0.3, 0.4) is 0 Å². The van der Waals surface area contributed by atoms with Crippen molar-refractivity contribution in [3.63, 3.8) is 0 Å². The molecule has 0 radical (unpaired) electrons. The summed E-state index contributed by atoms with van der Waals surface area (Å²) in [5.74, 6) is 1.08. The summed E-state index contributed by atoms with van der Waals surface area (Å²) in [5, 5.41) is 17.8. The molecule has 0 bridgehead atoms. The second-order valence-corrected chi connectivity index (χ2v) is 9.02. The van der Waals surface area contributed by atoms with Gasteiger partial charge in [-0.25, -0.2) is 4.98 Å². The molecule has 4 rings (SSSR count). The summed E-state index contributed by atoms with van der Waals surface area (Å²) in [6.07, 6.45) is 6.59. The number of carbonyl (C=O) groups excluding carboxylic acids is 1. The first-order valence-corrected chi connectivity index (χ1v) is 12.2. The average Bonchev–Trinajstić information content (AvgIpc) is 2.86. The zero-order chi connectivity index (χ0) is 23.9. The Balaban J connectivity index is 1.56. The van der Waals surface area contributed by atoms with Gasteiger partial charge in [0, 0.05) is 63.1 Å². The van der Waals surface area contributed by atoms with E-state index in [1.54, 1.807) is 12.4 Å². The monoisotopic (exact) mass is 467 g/mol. The Bertz CT molecular complexity index is 993. The number of carbonyl (C=O) groups is 1. The summed E-state index contributed by atoms with van der Waals surface area (Å²) >= 11 is 0. The maximum absolute atomic E-state index is 12.9. The van der Waals surface area contributed by atoms with Crippen LogP contribution >= 0.6 is 0 Å². The molecule has 182 valence electrons. The van der Waals surface area contributed by atoms with Crippen molar-refractivity contribution < 1.29 is 14.6 Å². The molecule has 0 aliphatic carbocycles. The lowest BCUT2D eigenvalue weighted by Gasteiger charge is -2.32. The van der Waals surface area contributed by atoms with Gasteiger partial charge in [-0.15, -0.1) is 4.70 Å².